The highest BCUT2D eigenvalue weighted by Crippen LogP contribution is 2.07. The van der Waals surface area contributed by atoms with Gasteiger partial charge in [-0.2, -0.15) is 0 Å². The maximum absolute atomic E-state index is 5.94. The summed E-state index contributed by atoms with van der Waals surface area (Å²) >= 11 is 11.8. The maximum Gasteiger partial charge on any atom is 0.158 e. The number of benzene rings is 1. The summed E-state index contributed by atoms with van der Waals surface area (Å²) in [5.74, 6) is 0.163. The molecular formula is C11H12Cl2N2. The summed E-state index contributed by atoms with van der Waals surface area (Å²) in [6.45, 7) is 3.88. The second-order valence-electron chi connectivity index (χ2n) is 3.33. The molecular weight excluding hydrogens is 231 g/mol. The lowest BCUT2D eigenvalue weighted by atomic mass is 10.2. The Balaban J connectivity index is 2.82. The standard InChI is InChI=1S/C11H12Cl2N2/c1-8(2)10(12)14-15-11(13)9-6-4-3-5-7-9/h3-8H,1-2H3/b14-10-,15-11+. The molecule has 1 rings (SSSR count). The van der Waals surface area contributed by atoms with Gasteiger partial charge in [-0.1, -0.05) is 67.4 Å². The van der Waals surface area contributed by atoms with Gasteiger partial charge in [0, 0.05) is 11.5 Å². The van der Waals surface area contributed by atoms with Crippen LogP contribution in [0.5, 0.6) is 0 Å². The van der Waals surface area contributed by atoms with Crippen LogP contribution in [0.1, 0.15) is 19.4 Å². The smallest absolute Gasteiger partial charge is 0.141 e. The molecule has 0 aromatic heterocycles. The van der Waals surface area contributed by atoms with Gasteiger partial charge < -0.3 is 0 Å². The van der Waals surface area contributed by atoms with E-state index < -0.39 is 0 Å². The fraction of sp³-hybridized carbons (Fsp3) is 0.273. The van der Waals surface area contributed by atoms with E-state index in [1.807, 2.05) is 44.2 Å². The third-order valence-electron chi connectivity index (χ3n) is 1.72. The second-order valence-corrected chi connectivity index (χ2v) is 4.08. The SMILES string of the molecule is CC(C)/C(Cl)=N/N=C(/Cl)c1ccccc1. The Morgan fingerprint density at radius 1 is 1.07 bits per heavy atom. The molecule has 0 bridgehead atoms. The first-order valence-corrected chi connectivity index (χ1v) is 5.39. The molecule has 0 aliphatic heterocycles. The van der Waals surface area contributed by atoms with Crippen LogP contribution in [0.15, 0.2) is 40.5 Å². The molecule has 0 amide bonds. The zero-order valence-corrected chi connectivity index (χ0v) is 10.1. The second kappa shape index (κ2) is 5.89. The van der Waals surface area contributed by atoms with Crippen molar-refractivity contribution in [3.63, 3.8) is 0 Å². The first kappa shape index (κ1) is 12.2. The van der Waals surface area contributed by atoms with Crippen molar-refractivity contribution in [1.29, 1.82) is 0 Å². The largest absolute Gasteiger partial charge is 0.158 e. The summed E-state index contributed by atoms with van der Waals surface area (Å²) in [6.07, 6.45) is 0. The van der Waals surface area contributed by atoms with Gasteiger partial charge in [0.15, 0.2) is 5.17 Å². The number of halogens is 2. The van der Waals surface area contributed by atoms with Gasteiger partial charge in [0.2, 0.25) is 0 Å². The molecule has 4 heteroatoms. The molecule has 0 atom stereocenters. The Bertz CT molecular complexity index is 369. The van der Waals surface area contributed by atoms with Crippen molar-refractivity contribution in [2.75, 3.05) is 0 Å². The molecule has 1 aromatic rings. The minimum absolute atomic E-state index is 0.163. The molecule has 0 spiro atoms. The molecule has 1 aromatic carbocycles. The van der Waals surface area contributed by atoms with E-state index in [2.05, 4.69) is 10.2 Å². The fourth-order valence-electron chi connectivity index (χ4n) is 0.841. The predicted octanol–water partition coefficient (Wildman–Crippen LogP) is 3.88. The fourth-order valence-corrected chi connectivity index (χ4v) is 1.04. The van der Waals surface area contributed by atoms with Gasteiger partial charge in [-0.3, -0.25) is 0 Å². The minimum atomic E-state index is 0.163. The van der Waals surface area contributed by atoms with Crippen LogP contribution in [0, 0.1) is 5.92 Å². The summed E-state index contributed by atoms with van der Waals surface area (Å²) in [4.78, 5) is 0. The molecule has 0 unspecified atom stereocenters. The Morgan fingerprint density at radius 2 is 1.67 bits per heavy atom. The molecule has 0 saturated heterocycles. The summed E-state index contributed by atoms with van der Waals surface area (Å²) in [7, 11) is 0. The average Bonchev–Trinajstić information content (AvgIpc) is 2.26. The van der Waals surface area contributed by atoms with E-state index in [0.29, 0.717) is 10.3 Å². The highest BCUT2D eigenvalue weighted by Gasteiger charge is 2.01. The van der Waals surface area contributed by atoms with Crippen LogP contribution in [0.2, 0.25) is 0 Å². The third kappa shape index (κ3) is 4.02. The van der Waals surface area contributed by atoms with Gasteiger partial charge >= 0.3 is 0 Å². The van der Waals surface area contributed by atoms with Crippen LogP contribution in [-0.4, -0.2) is 10.3 Å². The lowest BCUT2D eigenvalue weighted by Gasteiger charge is -1.98. The van der Waals surface area contributed by atoms with E-state index in [0.717, 1.165) is 5.56 Å². The van der Waals surface area contributed by atoms with Crippen LogP contribution in [0.25, 0.3) is 0 Å². The summed E-state index contributed by atoms with van der Waals surface area (Å²) in [5.41, 5.74) is 0.830. The molecule has 0 radical (unpaired) electrons. The molecule has 0 saturated carbocycles. The van der Waals surface area contributed by atoms with Crippen LogP contribution in [0.4, 0.5) is 0 Å². The van der Waals surface area contributed by atoms with Crippen molar-refractivity contribution in [3.8, 4) is 0 Å². The minimum Gasteiger partial charge on any atom is -0.141 e. The first-order valence-electron chi connectivity index (χ1n) is 4.63. The van der Waals surface area contributed by atoms with Gasteiger partial charge in [-0.15, -0.1) is 10.2 Å². The predicted molar refractivity (Wildman–Crippen MR) is 67.0 cm³/mol. The molecule has 0 N–H and O–H groups in total. The number of hydrogen-bond acceptors (Lipinski definition) is 2. The van der Waals surface area contributed by atoms with Crippen LogP contribution < -0.4 is 0 Å². The van der Waals surface area contributed by atoms with Gasteiger partial charge in [-0.25, -0.2) is 0 Å². The van der Waals surface area contributed by atoms with Crippen LogP contribution >= 0.6 is 23.2 Å². The van der Waals surface area contributed by atoms with Crippen molar-refractivity contribution in [2.45, 2.75) is 13.8 Å². The number of nitrogens with zero attached hydrogens (tertiary/aromatic N) is 2. The Morgan fingerprint density at radius 3 is 2.20 bits per heavy atom. The number of rotatable bonds is 3. The van der Waals surface area contributed by atoms with Gasteiger partial charge in [-0.05, 0) is 0 Å². The summed E-state index contributed by atoms with van der Waals surface area (Å²) < 4.78 is 0. The van der Waals surface area contributed by atoms with Gasteiger partial charge in [0.05, 0.1) is 0 Å². The molecule has 15 heavy (non-hydrogen) atoms. The average molecular weight is 243 g/mol. The Kier molecular flexibility index (Phi) is 4.79. The zero-order chi connectivity index (χ0) is 11.3. The highest BCUT2D eigenvalue weighted by molar-refractivity contribution is 6.70. The summed E-state index contributed by atoms with van der Waals surface area (Å²) in [6, 6.07) is 9.43. The molecule has 0 aliphatic rings. The Hall–Kier alpha value is -0.860. The maximum atomic E-state index is 5.94. The van der Waals surface area contributed by atoms with E-state index >= 15 is 0 Å². The molecule has 0 aliphatic carbocycles. The van der Waals surface area contributed by atoms with Crippen molar-refractivity contribution in [2.24, 2.45) is 16.1 Å². The highest BCUT2D eigenvalue weighted by atomic mass is 35.5. The van der Waals surface area contributed by atoms with E-state index in [1.165, 1.54) is 0 Å². The van der Waals surface area contributed by atoms with Crippen molar-refractivity contribution >= 4 is 33.5 Å². The van der Waals surface area contributed by atoms with Gasteiger partial charge in [0.1, 0.15) is 5.17 Å². The zero-order valence-electron chi connectivity index (χ0n) is 8.61. The molecule has 80 valence electrons. The lowest BCUT2D eigenvalue weighted by molar-refractivity contribution is 0.891. The van der Waals surface area contributed by atoms with E-state index in [4.69, 9.17) is 23.2 Å². The van der Waals surface area contributed by atoms with Gasteiger partial charge in [0.25, 0.3) is 0 Å². The third-order valence-corrected chi connectivity index (χ3v) is 2.53. The monoisotopic (exact) mass is 242 g/mol. The van der Waals surface area contributed by atoms with E-state index in [1.54, 1.807) is 0 Å². The van der Waals surface area contributed by atoms with E-state index in [-0.39, 0.29) is 5.92 Å². The number of hydrogen-bond donors (Lipinski definition) is 0. The molecule has 0 fully saturated rings. The molecule has 0 heterocycles. The Labute approximate surface area is 99.6 Å². The quantitative estimate of drug-likeness (QED) is 0.568. The first-order chi connectivity index (χ1) is 7.11. The van der Waals surface area contributed by atoms with Crippen molar-refractivity contribution in [1.82, 2.24) is 0 Å². The van der Waals surface area contributed by atoms with Crippen LogP contribution in [-0.2, 0) is 0 Å². The van der Waals surface area contributed by atoms with Crippen molar-refractivity contribution < 1.29 is 0 Å². The lowest BCUT2D eigenvalue weighted by Crippen LogP contribution is -1.98. The van der Waals surface area contributed by atoms with Crippen LogP contribution in [0.3, 0.4) is 0 Å². The topological polar surface area (TPSA) is 24.7 Å². The summed E-state index contributed by atoms with van der Waals surface area (Å²) in [5, 5.41) is 8.48. The normalized spacial score (nSPS) is 13.4. The molecule has 2 nitrogen and oxygen atoms in total. The van der Waals surface area contributed by atoms with Crippen molar-refractivity contribution in [3.05, 3.63) is 35.9 Å². The van der Waals surface area contributed by atoms with E-state index in [9.17, 15) is 0 Å².